The molecule has 4 heteroatoms. The molecule has 0 atom stereocenters. The van der Waals surface area contributed by atoms with E-state index in [0.29, 0.717) is 12.2 Å². The molecule has 0 amide bonds. The molecule has 34 heavy (non-hydrogen) atoms. The first-order chi connectivity index (χ1) is 16.5. The maximum atomic E-state index is 12.9. The summed E-state index contributed by atoms with van der Waals surface area (Å²) < 4.78 is 0. The number of ketones is 1. The number of allylic oxidation sites excluding steroid dienone is 11. The van der Waals surface area contributed by atoms with E-state index in [1.807, 2.05) is 0 Å². The molecule has 0 aromatic heterocycles. The van der Waals surface area contributed by atoms with Gasteiger partial charge in [-0.2, -0.15) is 0 Å². The summed E-state index contributed by atoms with van der Waals surface area (Å²) in [6.45, 7) is 17.0. The van der Waals surface area contributed by atoms with Gasteiger partial charge in [0.1, 0.15) is 0 Å². The Bertz CT molecular complexity index is 750. The quantitative estimate of drug-likeness (QED) is 0.165. The van der Waals surface area contributed by atoms with E-state index in [0.717, 1.165) is 76.9 Å². The fraction of sp³-hybridized carbons (Fsp3) is 0.567. The van der Waals surface area contributed by atoms with Crippen molar-refractivity contribution in [2.45, 2.75) is 73.1 Å². The van der Waals surface area contributed by atoms with Crippen LogP contribution in [0.25, 0.3) is 0 Å². The maximum Gasteiger partial charge on any atom is 0.160 e. The van der Waals surface area contributed by atoms with Crippen LogP contribution >= 0.6 is 11.8 Å². The van der Waals surface area contributed by atoms with E-state index >= 15 is 0 Å². The van der Waals surface area contributed by atoms with Gasteiger partial charge in [-0.05, 0) is 54.9 Å². The Kier molecular flexibility index (Phi) is 17.6. The number of carbonyl (C=O) groups excluding carboxylic acids is 1. The molecule has 0 N–H and O–H groups in total. The van der Waals surface area contributed by atoms with E-state index in [4.69, 9.17) is 0 Å². The summed E-state index contributed by atoms with van der Waals surface area (Å²) in [5.41, 5.74) is 0.970. The lowest BCUT2D eigenvalue weighted by molar-refractivity contribution is -0.116. The van der Waals surface area contributed by atoms with Crippen LogP contribution in [0.15, 0.2) is 70.1 Å². The fourth-order valence-corrected chi connectivity index (χ4v) is 4.56. The van der Waals surface area contributed by atoms with Gasteiger partial charge in [0.2, 0.25) is 0 Å². The SMILES string of the molecule is CC/C=C\C=C/CCN1CCN(CCC(=O)/C(=C/C=C(\C)S/C(C)=C/C=C\CC)CCC)CC1. The topological polar surface area (TPSA) is 23.6 Å². The molecule has 190 valence electrons. The van der Waals surface area contributed by atoms with Crippen molar-refractivity contribution in [3.05, 3.63) is 70.1 Å². The van der Waals surface area contributed by atoms with E-state index in [-0.39, 0.29) is 0 Å². The minimum absolute atomic E-state index is 0.307. The fourth-order valence-electron chi connectivity index (χ4n) is 3.77. The standard InChI is InChI=1S/C30H48N2OS/c1-6-9-11-12-13-15-21-31-23-25-32(26-24-31)22-20-30(33)29(16-8-3)19-18-28(5)34-27(4)17-14-10-7-2/h9-14,17-19H,6-8,15-16,20-26H2,1-5H3/b11-9-,13-12-,14-10-,27-17+,28-18+,29-19+. The molecule has 0 radical (unpaired) electrons. The first kappa shape index (κ1) is 30.4. The Morgan fingerprint density at radius 2 is 1.32 bits per heavy atom. The highest BCUT2D eigenvalue weighted by Gasteiger charge is 2.17. The van der Waals surface area contributed by atoms with Gasteiger partial charge in [0.15, 0.2) is 5.78 Å². The first-order valence-electron chi connectivity index (χ1n) is 13.2. The number of nitrogens with zero attached hydrogens (tertiary/aromatic N) is 2. The minimum Gasteiger partial charge on any atom is -0.300 e. The monoisotopic (exact) mass is 484 g/mol. The van der Waals surface area contributed by atoms with Gasteiger partial charge < -0.3 is 9.80 Å². The Hall–Kier alpha value is -1.62. The van der Waals surface area contributed by atoms with Crippen molar-refractivity contribution in [2.75, 3.05) is 39.3 Å². The number of thioether (sulfide) groups is 1. The second-order valence-corrected chi connectivity index (χ2v) is 10.3. The molecule has 1 fully saturated rings. The molecule has 3 nitrogen and oxygen atoms in total. The zero-order valence-electron chi connectivity index (χ0n) is 22.4. The predicted octanol–water partition coefficient (Wildman–Crippen LogP) is 7.71. The lowest BCUT2D eigenvalue weighted by atomic mass is 10.0. The van der Waals surface area contributed by atoms with E-state index in [2.05, 4.69) is 99.1 Å². The predicted molar refractivity (Wildman–Crippen MR) is 153 cm³/mol. The molecule has 0 spiro atoms. The van der Waals surface area contributed by atoms with Crippen molar-refractivity contribution < 1.29 is 4.79 Å². The maximum absolute atomic E-state index is 12.9. The van der Waals surface area contributed by atoms with Gasteiger partial charge in [0.25, 0.3) is 0 Å². The largest absolute Gasteiger partial charge is 0.300 e. The summed E-state index contributed by atoms with van der Waals surface area (Å²) in [7, 11) is 0. The van der Waals surface area contributed by atoms with Gasteiger partial charge in [-0.1, -0.05) is 93.6 Å². The lowest BCUT2D eigenvalue weighted by Gasteiger charge is -2.34. The second-order valence-electron chi connectivity index (χ2n) is 8.84. The molecule has 1 heterocycles. The normalized spacial score (nSPS) is 17.6. The highest BCUT2D eigenvalue weighted by atomic mass is 32.2. The lowest BCUT2D eigenvalue weighted by Crippen LogP contribution is -2.47. The first-order valence-corrected chi connectivity index (χ1v) is 14.0. The van der Waals surface area contributed by atoms with Crippen LogP contribution in [0, 0.1) is 0 Å². The molecule has 0 aromatic rings. The van der Waals surface area contributed by atoms with E-state index in [9.17, 15) is 4.79 Å². The summed E-state index contributed by atoms with van der Waals surface area (Å²) >= 11 is 1.76. The molecule has 0 saturated carbocycles. The Morgan fingerprint density at radius 3 is 1.97 bits per heavy atom. The van der Waals surface area contributed by atoms with Gasteiger partial charge in [-0.25, -0.2) is 0 Å². The number of rotatable bonds is 16. The average molecular weight is 485 g/mol. The Balaban J connectivity index is 2.46. The van der Waals surface area contributed by atoms with Crippen LogP contribution in [0.1, 0.15) is 73.1 Å². The number of carbonyl (C=O) groups is 1. The van der Waals surface area contributed by atoms with Gasteiger partial charge in [-0.15, -0.1) is 0 Å². The molecule has 0 bridgehead atoms. The summed E-state index contributed by atoms with van der Waals surface area (Å²) in [5.74, 6) is 0.307. The van der Waals surface area contributed by atoms with Crippen LogP contribution in [0.4, 0.5) is 0 Å². The number of hydrogen-bond donors (Lipinski definition) is 0. The molecule has 1 aliphatic heterocycles. The van der Waals surface area contributed by atoms with Crippen LogP contribution in [-0.2, 0) is 4.79 Å². The third kappa shape index (κ3) is 14.6. The van der Waals surface area contributed by atoms with Crippen molar-refractivity contribution in [1.29, 1.82) is 0 Å². The second kappa shape index (κ2) is 19.7. The van der Waals surface area contributed by atoms with Gasteiger partial charge >= 0.3 is 0 Å². The van der Waals surface area contributed by atoms with Crippen molar-refractivity contribution in [2.24, 2.45) is 0 Å². The summed E-state index contributed by atoms with van der Waals surface area (Å²) in [6.07, 6.45) is 25.1. The zero-order valence-corrected chi connectivity index (χ0v) is 23.2. The Morgan fingerprint density at radius 1 is 0.735 bits per heavy atom. The van der Waals surface area contributed by atoms with E-state index in [1.54, 1.807) is 11.8 Å². The van der Waals surface area contributed by atoms with Crippen LogP contribution < -0.4 is 0 Å². The smallest absolute Gasteiger partial charge is 0.160 e. The third-order valence-corrected chi connectivity index (χ3v) is 6.69. The number of Topliss-reactive ketones (excluding diaryl/α,β-unsaturated/α-hetero) is 1. The van der Waals surface area contributed by atoms with Crippen molar-refractivity contribution in [3.8, 4) is 0 Å². The Labute approximate surface area is 214 Å². The molecular formula is C30H48N2OS. The van der Waals surface area contributed by atoms with Crippen molar-refractivity contribution in [3.63, 3.8) is 0 Å². The number of hydrogen-bond acceptors (Lipinski definition) is 4. The molecule has 0 unspecified atom stereocenters. The van der Waals surface area contributed by atoms with Gasteiger partial charge in [0.05, 0.1) is 0 Å². The van der Waals surface area contributed by atoms with Gasteiger partial charge in [-0.3, -0.25) is 4.79 Å². The minimum atomic E-state index is 0.307. The summed E-state index contributed by atoms with van der Waals surface area (Å²) in [6, 6.07) is 0. The molecule has 0 aromatic carbocycles. The highest BCUT2D eigenvalue weighted by molar-refractivity contribution is 8.06. The summed E-state index contributed by atoms with van der Waals surface area (Å²) in [5, 5.41) is 0. The zero-order chi connectivity index (χ0) is 25.0. The van der Waals surface area contributed by atoms with E-state index < -0.39 is 0 Å². The average Bonchev–Trinajstić information content (AvgIpc) is 2.83. The molecule has 1 saturated heterocycles. The highest BCUT2D eigenvalue weighted by Crippen LogP contribution is 2.25. The van der Waals surface area contributed by atoms with Crippen LogP contribution in [0.5, 0.6) is 0 Å². The molecular weight excluding hydrogens is 436 g/mol. The van der Waals surface area contributed by atoms with E-state index in [1.165, 1.54) is 9.81 Å². The molecule has 1 aliphatic rings. The van der Waals surface area contributed by atoms with Crippen LogP contribution in [-0.4, -0.2) is 54.9 Å². The summed E-state index contributed by atoms with van der Waals surface area (Å²) in [4.78, 5) is 20.4. The van der Waals surface area contributed by atoms with Crippen molar-refractivity contribution in [1.82, 2.24) is 9.80 Å². The van der Waals surface area contributed by atoms with Crippen LogP contribution in [0.2, 0.25) is 0 Å². The third-order valence-electron chi connectivity index (χ3n) is 5.77. The van der Waals surface area contributed by atoms with Gasteiger partial charge in [0, 0.05) is 45.7 Å². The van der Waals surface area contributed by atoms with Crippen molar-refractivity contribution >= 4 is 17.5 Å². The molecule has 0 aliphatic carbocycles. The number of piperazine rings is 1. The van der Waals surface area contributed by atoms with Crippen LogP contribution in [0.3, 0.4) is 0 Å². The molecule has 1 rings (SSSR count).